The topological polar surface area (TPSA) is 89.1 Å². The first kappa shape index (κ1) is 13.4. The second-order valence-corrected chi connectivity index (χ2v) is 4.65. The number of hydrogen-bond acceptors (Lipinski definition) is 5. The molecule has 0 spiro atoms. The van der Waals surface area contributed by atoms with Gasteiger partial charge in [0.25, 0.3) is 5.56 Å². The van der Waals surface area contributed by atoms with E-state index in [4.69, 9.17) is 10.00 Å². The average Bonchev–Trinajstić information content (AvgIpc) is 2.92. The van der Waals surface area contributed by atoms with Crippen LogP contribution < -0.4 is 16.6 Å². The number of aromatic nitrogens is 2. The van der Waals surface area contributed by atoms with Gasteiger partial charge in [-0.25, -0.2) is 4.79 Å². The molecule has 1 atom stereocenters. The highest BCUT2D eigenvalue weighted by atomic mass is 16.5. The van der Waals surface area contributed by atoms with Gasteiger partial charge in [-0.3, -0.25) is 13.9 Å². The van der Waals surface area contributed by atoms with Crippen molar-refractivity contribution in [1.29, 1.82) is 5.26 Å². The van der Waals surface area contributed by atoms with Gasteiger partial charge in [0.1, 0.15) is 11.9 Å². The van der Waals surface area contributed by atoms with Gasteiger partial charge < -0.3 is 10.1 Å². The van der Waals surface area contributed by atoms with Crippen molar-refractivity contribution in [2.45, 2.75) is 6.42 Å². The molecule has 0 bridgehead atoms. The fourth-order valence-electron chi connectivity index (χ4n) is 2.14. The molecule has 0 unspecified atom stereocenters. The molecule has 1 aliphatic heterocycles. The third-order valence-corrected chi connectivity index (χ3v) is 3.36. The Morgan fingerprint density at radius 1 is 1.42 bits per heavy atom. The molecular weight excluding hydrogens is 248 g/mol. The maximum atomic E-state index is 11.9. The number of anilines is 1. The summed E-state index contributed by atoms with van der Waals surface area (Å²) in [5.74, 6) is 0.619. The molecule has 0 radical (unpaired) electrons. The van der Waals surface area contributed by atoms with E-state index in [1.165, 1.54) is 18.7 Å². The molecule has 2 rings (SSSR count). The zero-order valence-corrected chi connectivity index (χ0v) is 11.0. The van der Waals surface area contributed by atoms with Gasteiger partial charge >= 0.3 is 5.69 Å². The van der Waals surface area contributed by atoms with E-state index in [1.54, 1.807) is 0 Å². The molecule has 1 aliphatic rings. The lowest BCUT2D eigenvalue weighted by Gasteiger charge is -2.15. The van der Waals surface area contributed by atoms with Crippen LogP contribution in [-0.2, 0) is 18.8 Å². The lowest BCUT2D eigenvalue weighted by molar-refractivity contribution is 0.187. The summed E-state index contributed by atoms with van der Waals surface area (Å²) in [4.78, 5) is 23.7. The standard InChI is InChI=1S/C12H16N4O3/c1-15-10(14-6-8-3-4-19-7-8)9(5-13)11(17)16(2)12(15)18/h8,14H,3-4,6-7H2,1-2H3/t8-/m0/s1. The molecule has 7 nitrogen and oxygen atoms in total. The Hall–Kier alpha value is -2.07. The van der Waals surface area contributed by atoms with E-state index in [-0.39, 0.29) is 11.4 Å². The molecule has 0 amide bonds. The molecular formula is C12H16N4O3. The van der Waals surface area contributed by atoms with Crippen LogP contribution in [0.15, 0.2) is 9.59 Å². The van der Waals surface area contributed by atoms with Crippen LogP contribution in [0.5, 0.6) is 0 Å². The van der Waals surface area contributed by atoms with E-state index in [0.29, 0.717) is 19.1 Å². The van der Waals surface area contributed by atoms with Crippen molar-refractivity contribution >= 4 is 5.82 Å². The first-order valence-electron chi connectivity index (χ1n) is 6.08. The number of nitrogens with zero attached hydrogens (tertiary/aromatic N) is 3. The molecule has 102 valence electrons. The molecule has 7 heteroatoms. The molecule has 1 fully saturated rings. The molecule has 0 aromatic carbocycles. The smallest absolute Gasteiger partial charge is 0.332 e. The van der Waals surface area contributed by atoms with Gasteiger partial charge in [0.05, 0.1) is 6.61 Å². The number of nitrogens with one attached hydrogen (secondary N) is 1. The largest absolute Gasteiger partial charge is 0.381 e. The Kier molecular flexibility index (Phi) is 3.71. The fourth-order valence-corrected chi connectivity index (χ4v) is 2.14. The van der Waals surface area contributed by atoms with Gasteiger partial charge in [-0.2, -0.15) is 5.26 Å². The summed E-state index contributed by atoms with van der Waals surface area (Å²) in [6, 6.07) is 1.86. The maximum absolute atomic E-state index is 11.9. The van der Waals surface area contributed by atoms with Gasteiger partial charge in [-0.15, -0.1) is 0 Å². The zero-order chi connectivity index (χ0) is 14.0. The summed E-state index contributed by atoms with van der Waals surface area (Å²) in [7, 11) is 2.90. The van der Waals surface area contributed by atoms with Crippen LogP contribution in [0.25, 0.3) is 0 Å². The molecule has 1 N–H and O–H groups in total. The van der Waals surface area contributed by atoms with Gasteiger partial charge in [-0.05, 0) is 6.42 Å². The zero-order valence-electron chi connectivity index (χ0n) is 11.0. The Balaban J connectivity index is 2.36. The Labute approximate surface area is 110 Å². The first-order chi connectivity index (χ1) is 9.06. The van der Waals surface area contributed by atoms with E-state index in [1.807, 2.05) is 6.07 Å². The molecule has 1 saturated heterocycles. The average molecular weight is 264 g/mol. The van der Waals surface area contributed by atoms with Crippen LogP contribution in [0, 0.1) is 17.2 Å². The third kappa shape index (κ3) is 2.39. The normalized spacial score (nSPS) is 18.3. The lowest BCUT2D eigenvalue weighted by atomic mass is 10.1. The summed E-state index contributed by atoms with van der Waals surface area (Å²) in [6.45, 7) is 1.97. The minimum atomic E-state index is -0.573. The number of hydrogen-bond donors (Lipinski definition) is 1. The molecule has 1 aromatic rings. The second-order valence-electron chi connectivity index (χ2n) is 4.65. The van der Waals surface area contributed by atoms with E-state index in [2.05, 4.69) is 5.32 Å². The Morgan fingerprint density at radius 3 is 2.74 bits per heavy atom. The highest BCUT2D eigenvalue weighted by Gasteiger charge is 2.19. The molecule has 0 aliphatic carbocycles. The van der Waals surface area contributed by atoms with Crippen molar-refractivity contribution in [2.24, 2.45) is 20.0 Å². The lowest BCUT2D eigenvalue weighted by Crippen LogP contribution is -2.40. The minimum absolute atomic E-state index is 0.0384. The first-order valence-corrected chi connectivity index (χ1v) is 6.08. The molecule has 1 aromatic heterocycles. The number of rotatable bonds is 3. The van der Waals surface area contributed by atoms with Crippen molar-refractivity contribution < 1.29 is 4.74 Å². The molecule has 19 heavy (non-hydrogen) atoms. The quantitative estimate of drug-likeness (QED) is 0.787. The summed E-state index contributed by atoms with van der Waals surface area (Å²) in [5.41, 5.74) is -1.06. The summed E-state index contributed by atoms with van der Waals surface area (Å²) in [6.07, 6.45) is 0.938. The summed E-state index contributed by atoms with van der Waals surface area (Å²) < 4.78 is 7.48. The number of nitriles is 1. The van der Waals surface area contributed by atoms with Crippen LogP contribution in [0.1, 0.15) is 12.0 Å². The SMILES string of the molecule is Cn1c(NC[C@@H]2CCOC2)c(C#N)c(=O)n(C)c1=O. The molecule has 0 saturated carbocycles. The highest BCUT2D eigenvalue weighted by molar-refractivity contribution is 5.51. The van der Waals surface area contributed by atoms with Gasteiger partial charge in [0, 0.05) is 33.2 Å². The predicted octanol–water partition coefficient (Wildman–Crippen LogP) is -0.596. The van der Waals surface area contributed by atoms with Gasteiger partial charge in [-0.1, -0.05) is 0 Å². The van der Waals surface area contributed by atoms with Crippen molar-refractivity contribution in [3.63, 3.8) is 0 Å². The van der Waals surface area contributed by atoms with Crippen LogP contribution in [0.2, 0.25) is 0 Å². The van der Waals surface area contributed by atoms with Crippen molar-refractivity contribution in [3.05, 3.63) is 26.4 Å². The Morgan fingerprint density at radius 2 is 2.16 bits per heavy atom. The second kappa shape index (κ2) is 5.28. The minimum Gasteiger partial charge on any atom is -0.381 e. The monoisotopic (exact) mass is 264 g/mol. The summed E-state index contributed by atoms with van der Waals surface area (Å²) in [5, 5.41) is 12.1. The highest BCUT2D eigenvalue weighted by Crippen LogP contribution is 2.14. The van der Waals surface area contributed by atoms with Gasteiger partial charge in [0.2, 0.25) is 0 Å². The van der Waals surface area contributed by atoms with Crippen LogP contribution >= 0.6 is 0 Å². The van der Waals surface area contributed by atoms with Crippen molar-refractivity contribution in [2.75, 3.05) is 25.1 Å². The number of ether oxygens (including phenoxy) is 1. The van der Waals surface area contributed by atoms with Crippen molar-refractivity contribution in [3.8, 4) is 6.07 Å². The van der Waals surface area contributed by atoms with E-state index < -0.39 is 11.2 Å². The van der Waals surface area contributed by atoms with E-state index in [0.717, 1.165) is 17.6 Å². The molecule has 2 heterocycles. The Bertz CT molecular complexity index is 632. The van der Waals surface area contributed by atoms with Gasteiger partial charge in [0.15, 0.2) is 5.56 Å². The van der Waals surface area contributed by atoms with Crippen LogP contribution in [-0.4, -0.2) is 28.9 Å². The third-order valence-electron chi connectivity index (χ3n) is 3.36. The van der Waals surface area contributed by atoms with E-state index in [9.17, 15) is 9.59 Å². The maximum Gasteiger partial charge on any atom is 0.332 e. The summed E-state index contributed by atoms with van der Waals surface area (Å²) >= 11 is 0. The predicted molar refractivity (Wildman–Crippen MR) is 69.1 cm³/mol. The fraction of sp³-hybridized carbons (Fsp3) is 0.583. The van der Waals surface area contributed by atoms with Crippen LogP contribution in [0.3, 0.4) is 0 Å². The van der Waals surface area contributed by atoms with Crippen LogP contribution in [0.4, 0.5) is 5.82 Å². The van der Waals surface area contributed by atoms with E-state index >= 15 is 0 Å². The van der Waals surface area contributed by atoms with Crippen molar-refractivity contribution in [1.82, 2.24) is 9.13 Å².